The first-order chi connectivity index (χ1) is 21.5. The van der Waals surface area contributed by atoms with Gasteiger partial charge in [0.1, 0.15) is 5.75 Å². The highest BCUT2D eigenvalue weighted by Gasteiger charge is 2.51. The summed E-state index contributed by atoms with van der Waals surface area (Å²) in [5, 5.41) is 17.9. The lowest BCUT2D eigenvalue weighted by Gasteiger charge is -2.34. The Morgan fingerprint density at radius 3 is 2.51 bits per heavy atom. The minimum Gasteiger partial charge on any atom is -0.495 e. The molecule has 5 rings (SSSR count). The minimum atomic E-state index is -3.38. The second-order valence-corrected chi connectivity index (χ2v) is 14.2. The van der Waals surface area contributed by atoms with Gasteiger partial charge < -0.3 is 34.7 Å². The number of hydrogen-bond donors (Lipinski definition) is 3. The first kappa shape index (κ1) is 33.0. The third-order valence-electron chi connectivity index (χ3n) is 8.73. The highest BCUT2D eigenvalue weighted by Crippen LogP contribution is 2.52. The Morgan fingerprint density at radius 2 is 1.87 bits per heavy atom. The number of likely N-dealkylation sites (tertiary alicyclic amines) is 1. The zero-order valence-electron chi connectivity index (χ0n) is 26.0. The summed E-state index contributed by atoms with van der Waals surface area (Å²) in [6.07, 6.45) is 1.02. The Morgan fingerprint density at radius 1 is 1.11 bits per heavy atom. The van der Waals surface area contributed by atoms with Crippen molar-refractivity contribution in [1.82, 2.24) is 9.47 Å². The summed E-state index contributed by atoms with van der Waals surface area (Å²) in [6.45, 7) is 3.05. The molecule has 2 heterocycles. The van der Waals surface area contributed by atoms with Crippen LogP contribution in [0.1, 0.15) is 31.4 Å². The van der Waals surface area contributed by atoms with Gasteiger partial charge in [-0.2, -0.15) is 0 Å². The fourth-order valence-corrected chi connectivity index (χ4v) is 6.59. The van der Waals surface area contributed by atoms with E-state index in [1.807, 2.05) is 28.8 Å². The van der Waals surface area contributed by atoms with Crippen molar-refractivity contribution in [3.63, 3.8) is 0 Å². The molecule has 0 radical (unpaired) electrons. The number of β-amino-alcohol motifs (C(OH)–C–C–N with tert-alkyl or cyclic N) is 1. The highest BCUT2D eigenvalue weighted by atomic mass is 32.2. The lowest BCUT2D eigenvalue weighted by atomic mass is 10.0. The van der Waals surface area contributed by atoms with Crippen LogP contribution in [0.3, 0.4) is 0 Å². The average molecular weight is 645 g/mol. The van der Waals surface area contributed by atoms with Gasteiger partial charge in [0, 0.05) is 68.1 Å². The van der Waals surface area contributed by atoms with Gasteiger partial charge >= 0.3 is 0 Å². The number of piperidine rings is 1. The van der Waals surface area contributed by atoms with Crippen molar-refractivity contribution in [2.45, 2.75) is 55.7 Å². The predicted molar refractivity (Wildman–Crippen MR) is 172 cm³/mol. The summed E-state index contributed by atoms with van der Waals surface area (Å²) in [4.78, 5) is 2.40. The Bertz CT molecular complexity index is 1650. The summed E-state index contributed by atoms with van der Waals surface area (Å²) in [7, 11) is -0.330. The van der Waals surface area contributed by atoms with Crippen LogP contribution in [0.4, 0.5) is 20.2 Å². The number of halogens is 2. The number of benzene rings is 2. The van der Waals surface area contributed by atoms with Crippen molar-refractivity contribution < 1.29 is 31.8 Å². The van der Waals surface area contributed by atoms with E-state index in [1.165, 1.54) is 19.2 Å². The molecule has 45 heavy (non-hydrogen) atoms. The third-order valence-corrected chi connectivity index (χ3v) is 9.84. The monoisotopic (exact) mass is 644 g/mol. The van der Waals surface area contributed by atoms with E-state index in [2.05, 4.69) is 27.4 Å². The molecule has 1 aromatic heterocycles. The second kappa shape index (κ2) is 14.0. The quantitative estimate of drug-likeness (QED) is 0.235. The Labute approximate surface area is 263 Å². The molecule has 1 atom stereocenters. The van der Waals surface area contributed by atoms with Gasteiger partial charge in [0.2, 0.25) is 6.43 Å². The molecule has 0 bridgehead atoms. The van der Waals surface area contributed by atoms with Crippen molar-refractivity contribution in [1.29, 1.82) is 0 Å². The number of anilines is 2. The molecule has 2 fully saturated rings. The molecule has 2 aliphatic rings. The molecule has 3 aromatic rings. The van der Waals surface area contributed by atoms with Gasteiger partial charge in [0.25, 0.3) is 0 Å². The van der Waals surface area contributed by atoms with Gasteiger partial charge in [0.05, 0.1) is 48.2 Å². The van der Waals surface area contributed by atoms with E-state index in [0.717, 1.165) is 48.8 Å². The Balaban J connectivity index is 1.35. The summed E-state index contributed by atoms with van der Waals surface area (Å²) in [5.41, 5.74) is 2.04. The largest absolute Gasteiger partial charge is 0.495 e. The average Bonchev–Trinajstić information content (AvgIpc) is 3.72. The number of alkyl halides is 2. The van der Waals surface area contributed by atoms with E-state index < -0.39 is 27.8 Å². The van der Waals surface area contributed by atoms with Gasteiger partial charge in [-0.15, -0.1) is 0 Å². The number of methoxy groups -OCH3 is 2. The zero-order chi connectivity index (χ0) is 32.2. The number of aliphatic hydroxyl groups excluding tert-OH is 1. The molecule has 1 aliphatic carbocycles. The van der Waals surface area contributed by atoms with Gasteiger partial charge in [-0.1, -0.05) is 12.0 Å². The number of ether oxygens (including phenoxy) is 2. The molecular weight excluding hydrogens is 602 g/mol. The number of nitrogens with one attached hydrogen (secondary N) is 2. The molecule has 1 aliphatic heterocycles. The summed E-state index contributed by atoms with van der Waals surface area (Å²) >= 11 is 0. The summed E-state index contributed by atoms with van der Waals surface area (Å²) in [5.74, 6) is 6.70. The van der Waals surface area contributed by atoms with Crippen LogP contribution in [-0.4, -0.2) is 94.8 Å². The van der Waals surface area contributed by atoms with Crippen LogP contribution in [0.15, 0.2) is 47.4 Å². The summed E-state index contributed by atoms with van der Waals surface area (Å²) in [6, 6.07) is 12.8. The maximum atomic E-state index is 14.1. The topological polar surface area (TPSA) is 105 Å². The van der Waals surface area contributed by atoms with Crippen LogP contribution in [0.5, 0.6) is 5.75 Å². The van der Waals surface area contributed by atoms with E-state index in [1.54, 1.807) is 13.2 Å². The number of nitrogens with zero attached hydrogens (tertiary/aromatic N) is 2. The molecule has 244 valence electrons. The van der Waals surface area contributed by atoms with Crippen molar-refractivity contribution in [2.24, 2.45) is 5.41 Å². The van der Waals surface area contributed by atoms with Crippen molar-refractivity contribution >= 4 is 32.1 Å². The fraction of sp³-hybridized carbons (Fsp3) is 0.515. The number of fused-ring (bicyclic) bond motifs is 1. The Hall–Kier alpha value is -3.37. The molecule has 1 saturated carbocycles. The van der Waals surface area contributed by atoms with E-state index in [0.29, 0.717) is 43.1 Å². The number of rotatable bonds is 13. The van der Waals surface area contributed by atoms with Crippen LogP contribution in [0.2, 0.25) is 0 Å². The van der Waals surface area contributed by atoms with E-state index in [-0.39, 0.29) is 24.0 Å². The normalized spacial score (nSPS) is 17.6. The zero-order valence-corrected chi connectivity index (χ0v) is 26.8. The standard InChI is InChI=1S/C33H42F2N4O5S/c1-43-21-25(40)20-38-16-11-23(12-17-38)37-28-7-4-8-30-27(28)18-24(39(30)22-33(13-14-33)32(34)35)6-5-15-36-29-10-9-26(45(3,41)42)19-31(29)44-2/h4,7-10,18-19,23,25,32,36-37,40H,11-17,20-22H2,1-3H3. The van der Waals surface area contributed by atoms with Gasteiger partial charge in [-0.25, -0.2) is 17.2 Å². The van der Waals surface area contributed by atoms with Crippen molar-refractivity contribution in [3.05, 3.63) is 48.2 Å². The lowest BCUT2D eigenvalue weighted by Crippen LogP contribution is -2.43. The number of aliphatic hydroxyl groups is 1. The SMILES string of the molecule is COCC(O)CN1CCC(Nc2cccc3c2cc(C#CCNc2ccc(S(C)(=O)=O)cc2OC)n3CC2(C(F)F)CC2)CC1. The highest BCUT2D eigenvalue weighted by molar-refractivity contribution is 7.90. The first-order valence-corrected chi connectivity index (χ1v) is 17.1. The molecule has 1 saturated heterocycles. The minimum absolute atomic E-state index is 0.157. The van der Waals surface area contributed by atoms with Crippen molar-refractivity contribution in [2.75, 3.05) is 63.9 Å². The lowest BCUT2D eigenvalue weighted by molar-refractivity contribution is 0.0327. The van der Waals surface area contributed by atoms with Crippen molar-refractivity contribution in [3.8, 4) is 17.6 Å². The van der Waals surface area contributed by atoms with Crippen LogP contribution in [0.25, 0.3) is 10.9 Å². The predicted octanol–water partition coefficient (Wildman–Crippen LogP) is 4.45. The number of sulfone groups is 1. The molecule has 3 N–H and O–H groups in total. The molecule has 0 amide bonds. The molecule has 12 heteroatoms. The van der Waals surface area contributed by atoms with Crippen LogP contribution in [-0.2, 0) is 21.1 Å². The molecule has 2 aromatic carbocycles. The maximum absolute atomic E-state index is 14.1. The van der Waals surface area contributed by atoms with Gasteiger partial charge in [-0.3, -0.25) is 0 Å². The maximum Gasteiger partial charge on any atom is 0.245 e. The smallest absolute Gasteiger partial charge is 0.245 e. The van der Waals surface area contributed by atoms with Crippen LogP contribution < -0.4 is 15.4 Å². The van der Waals surface area contributed by atoms with E-state index >= 15 is 0 Å². The van der Waals surface area contributed by atoms with Gasteiger partial charge in [0.15, 0.2) is 9.84 Å². The second-order valence-electron chi connectivity index (χ2n) is 12.1. The Kier molecular flexibility index (Phi) is 10.2. The number of aromatic nitrogens is 1. The first-order valence-electron chi connectivity index (χ1n) is 15.2. The summed E-state index contributed by atoms with van der Waals surface area (Å²) < 4.78 is 64.3. The van der Waals surface area contributed by atoms with E-state index in [4.69, 9.17) is 9.47 Å². The molecular formula is C33H42F2N4O5S. The number of hydrogen-bond acceptors (Lipinski definition) is 8. The third kappa shape index (κ3) is 7.90. The van der Waals surface area contributed by atoms with E-state index in [9.17, 15) is 22.3 Å². The fourth-order valence-electron chi connectivity index (χ4n) is 5.95. The molecule has 9 nitrogen and oxygen atoms in total. The van der Waals surface area contributed by atoms with Gasteiger partial charge in [-0.05, 0) is 61.9 Å². The molecule has 0 spiro atoms. The van der Waals surface area contributed by atoms with Crippen LogP contribution in [0, 0.1) is 17.3 Å². The van der Waals surface area contributed by atoms with Crippen LogP contribution >= 0.6 is 0 Å². The molecule has 1 unspecified atom stereocenters.